The summed E-state index contributed by atoms with van der Waals surface area (Å²) in [6, 6.07) is 12.3. The molecule has 1 aliphatic rings. The molecule has 5 rings (SSSR count). The van der Waals surface area contributed by atoms with Crippen LogP contribution in [0.15, 0.2) is 47.0 Å². The SMILES string of the molecule is c1cnc2c(c1)C[n+]1c-2sc2c3ccccc3oc21. The van der Waals surface area contributed by atoms with Gasteiger partial charge in [-0.15, -0.1) is 4.57 Å². The summed E-state index contributed by atoms with van der Waals surface area (Å²) in [5, 5.41) is 2.40. The Balaban J connectivity index is 1.93. The number of thiazole rings is 1. The second-order valence-corrected chi connectivity index (χ2v) is 5.74. The molecule has 4 aromatic rings. The first-order chi connectivity index (χ1) is 9.42. The van der Waals surface area contributed by atoms with Crippen molar-refractivity contribution in [1.82, 2.24) is 4.98 Å². The van der Waals surface area contributed by atoms with Crippen molar-refractivity contribution in [2.75, 3.05) is 0 Å². The number of para-hydroxylation sites is 1. The third-order valence-corrected chi connectivity index (χ3v) is 4.85. The number of fused-ring (bicyclic) bond motifs is 7. The molecule has 3 nitrogen and oxygen atoms in total. The predicted octanol–water partition coefficient (Wildman–Crippen LogP) is 3.36. The number of benzene rings is 1. The number of rotatable bonds is 0. The van der Waals surface area contributed by atoms with Gasteiger partial charge in [0.2, 0.25) is 0 Å². The number of hydrogen-bond acceptors (Lipinski definition) is 3. The number of hydrogen-bond donors (Lipinski definition) is 0. The maximum atomic E-state index is 6.01. The summed E-state index contributed by atoms with van der Waals surface area (Å²) < 4.78 is 9.47. The highest BCUT2D eigenvalue weighted by Gasteiger charge is 2.35. The predicted molar refractivity (Wildman–Crippen MR) is 74.1 cm³/mol. The Labute approximate surface area is 112 Å². The standard InChI is InChI=1S/C15H9N2OS/c1-2-6-11-10(5-1)13-14(18-11)17-8-9-4-3-7-16-12(9)15(17)19-13/h1-7H,8H2/q+1. The Hall–Kier alpha value is -2.20. The topological polar surface area (TPSA) is 29.9 Å². The first-order valence-corrected chi connectivity index (χ1v) is 7.01. The molecule has 0 unspecified atom stereocenters. The van der Waals surface area contributed by atoms with Gasteiger partial charge in [-0.1, -0.05) is 23.5 Å². The minimum atomic E-state index is 0.859. The van der Waals surface area contributed by atoms with Gasteiger partial charge < -0.3 is 4.42 Å². The lowest BCUT2D eigenvalue weighted by Crippen LogP contribution is -2.29. The molecule has 0 N–H and O–H groups in total. The van der Waals surface area contributed by atoms with E-state index in [1.807, 2.05) is 24.4 Å². The molecule has 0 atom stereocenters. The van der Waals surface area contributed by atoms with E-state index >= 15 is 0 Å². The molecule has 0 radical (unpaired) electrons. The van der Waals surface area contributed by atoms with E-state index < -0.39 is 0 Å². The molecule has 1 aromatic carbocycles. The van der Waals surface area contributed by atoms with Gasteiger partial charge >= 0.3 is 5.71 Å². The second-order valence-electron chi connectivity index (χ2n) is 4.74. The van der Waals surface area contributed by atoms with E-state index in [1.165, 1.54) is 20.7 Å². The van der Waals surface area contributed by atoms with Crippen molar-refractivity contribution in [2.24, 2.45) is 0 Å². The maximum Gasteiger partial charge on any atom is 0.393 e. The van der Waals surface area contributed by atoms with Gasteiger partial charge in [-0.3, -0.25) is 0 Å². The summed E-state index contributed by atoms with van der Waals surface area (Å²) in [6.45, 7) is 0.859. The number of pyridine rings is 1. The molecule has 0 saturated carbocycles. The summed E-state index contributed by atoms with van der Waals surface area (Å²) in [7, 11) is 0. The molecule has 0 bridgehead atoms. The Kier molecular flexibility index (Phi) is 1.64. The van der Waals surface area contributed by atoms with Gasteiger partial charge in [0, 0.05) is 11.6 Å². The van der Waals surface area contributed by atoms with Gasteiger partial charge in [0.25, 0.3) is 5.01 Å². The Bertz CT molecular complexity index is 951. The highest BCUT2D eigenvalue weighted by Crippen LogP contribution is 2.38. The van der Waals surface area contributed by atoms with Crippen LogP contribution in [0.25, 0.3) is 32.1 Å². The molecule has 4 heteroatoms. The average Bonchev–Trinajstić information content (AvgIpc) is 3.07. The molecule has 1 aliphatic heterocycles. The van der Waals surface area contributed by atoms with Crippen LogP contribution in [-0.2, 0) is 6.54 Å². The minimum Gasteiger partial charge on any atom is -0.403 e. The lowest BCUT2D eigenvalue weighted by atomic mass is 10.2. The normalized spacial score (nSPS) is 13.1. The fourth-order valence-electron chi connectivity index (χ4n) is 2.78. The van der Waals surface area contributed by atoms with Crippen molar-refractivity contribution in [3.63, 3.8) is 0 Å². The van der Waals surface area contributed by atoms with E-state index in [2.05, 4.69) is 27.8 Å². The van der Waals surface area contributed by atoms with Crippen LogP contribution in [0.2, 0.25) is 0 Å². The summed E-state index contributed by atoms with van der Waals surface area (Å²) in [5.41, 5.74) is 4.31. The third-order valence-electron chi connectivity index (χ3n) is 3.64. The van der Waals surface area contributed by atoms with Crippen molar-refractivity contribution in [1.29, 1.82) is 0 Å². The van der Waals surface area contributed by atoms with Gasteiger partial charge in [0.1, 0.15) is 5.58 Å². The van der Waals surface area contributed by atoms with E-state index in [-0.39, 0.29) is 0 Å². The summed E-state index contributed by atoms with van der Waals surface area (Å²) in [6.07, 6.45) is 1.86. The molecule has 0 fully saturated rings. The average molecular weight is 265 g/mol. The van der Waals surface area contributed by atoms with E-state index in [4.69, 9.17) is 4.42 Å². The van der Waals surface area contributed by atoms with E-state index in [1.54, 1.807) is 11.3 Å². The van der Waals surface area contributed by atoms with E-state index in [0.29, 0.717) is 0 Å². The smallest absolute Gasteiger partial charge is 0.393 e. The first-order valence-electron chi connectivity index (χ1n) is 6.20. The molecule has 3 aromatic heterocycles. The molecule has 4 heterocycles. The highest BCUT2D eigenvalue weighted by atomic mass is 32.1. The second kappa shape index (κ2) is 3.22. The zero-order valence-electron chi connectivity index (χ0n) is 9.96. The van der Waals surface area contributed by atoms with Gasteiger partial charge in [-0.2, -0.15) is 0 Å². The van der Waals surface area contributed by atoms with Crippen molar-refractivity contribution >= 4 is 32.7 Å². The molecule has 0 aliphatic carbocycles. The van der Waals surface area contributed by atoms with Gasteiger partial charge in [-0.05, 0) is 24.3 Å². The number of nitrogens with zero attached hydrogens (tertiary/aromatic N) is 2. The Morgan fingerprint density at radius 2 is 2.11 bits per heavy atom. The number of aromatic nitrogens is 2. The Morgan fingerprint density at radius 1 is 1.16 bits per heavy atom. The first kappa shape index (κ1) is 9.69. The van der Waals surface area contributed by atoms with Crippen LogP contribution in [0.5, 0.6) is 0 Å². The Morgan fingerprint density at radius 3 is 3.11 bits per heavy atom. The number of furan rings is 1. The van der Waals surface area contributed by atoms with E-state index in [9.17, 15) is 0 Å². The van der Waals surface area contributed by atoms with Gasteiger partial charge in [0.15, 0.2) is 16.9 Å². The quantitative estimate of drug-likeness (QED) is 0.402. The van der Waals surface area contributed by atoms with Crippen LogP contribution >= 0.6 is 11.3 Å². The highest BCUT2D eigenvalue weighted by molar-refractivity contribution is 7.22. The van der Waals surface area contributed by atoms with Crippen molar-refractivity contribution < 1.29 is 8.98 Å². The molecular weight excluding hydrogens is 256 g/mol. The monoisotopic (exact) mass is 265 g/mol. The molecule has 19 heavy (non-hydrogen) atoms. The van der Waals surface area contributed by atoms with E-state index in [0.717, 1.165) is 23.5 Å². The van der Waals surface area contributed by atoms with Crippen molar-refractivity contribution in [2.45, 2.75) is 6.54 Å². The zero-order chi connectivity index (χ0) is 12.4. The molecule has 0 saturated heterocycles. The van der Waals surface area contributed by atoms with Crippen LogP contribution < -0.4 is 4.57 Å². The lowest BCUT2D eigenvalue weighted by Gasteiger charge is -1.88. The van der Waals surface area contributed by atoms with Crippen LogP contribution in [0.1, 0.15) is 5.56 Å². The van der Waals surface area contributed by atoms with Crippen LogP contribution in [-0.4, -0.2) is 4.98 Å². The minimum absolute atomic E-state index is 0.859. The van der Waals surface area contributed by atoms with Crippen molar-refractivity contribution in [3.05, 3.63) is 48.2 Å². The van der Waals surface area contributed by atoms with Crippen LogP contribution in [0.4, 0.5) is 0 Å². The third kappa shape index (κ3) is 1.12. The molecule has 90 valence electrons. The molecular formula is C15H9N2OS+. The lowest BCUT2D eigenvalue weighted by molar-refractivity contribution is -0.648. The largest absolute Gasteiger partial charge is 0.403 e. The fourth-order valence-corrected chi connectivity index (χ4v) is 4.03. The van der Waals surface area contributed by atoms with Crippen molar-refractivity contribution in [3.8, 4) is 10.7 Å². The summed E-state index contributed by atoms with van der Waals surface area (Å²) >= 11 is 1.77. The van der Waals surface area contributed by atoms with Gasteiger partial charge in [-0.25, -0.2) is 4.98 Å². The molecule has 0 amide bonds. The van der Waals surface area contributed by atoms with Gasteiger partial charge in [0.05, 0.1) is 5.56 Å². The fraction of sp³-hybridized carbons (Fsp3) is 0.0667. The maximum absolute atomic E-state index is 6.01. The zero-order valence-corrected chi connectivity index (χ0v) is 10.8. The van der Waals surface area contributed by atoms with Crippen LogP contribution in [0, 0.1) is 0 Å². The summed E-state index contributed by atoms with van der Waals surface area (Å²) in [5.74, 6) is 0. The van der Waals surface area contributed by atoms with Crippen LogP contribution in [0.3, 0.4) is 0 Å². The molecule has 0 spiro atoms. The summed E-state index contributed by atoms with van der Waals surface area (Å²) in [4.78, 5) is 4.50.